The Labute approximate surface area is 109 Å². The number of hydrogen-bond acceptors (Lipinski definition) is 5. The van der Waals surface area contributed by atoms with E-state index in [0.29, 0.717) is 12.6 Å². The zero-order chi connectivity index (χ0) is 13.4. The first-order valence-electron chi connectivity index (χ1n) is 6.51. The molecule has 0 aliphatic rings. The third-order valence-electron chi connectivity index (χ3n) is 3.19. The number of rotatable bonds is 8. The van der Waals surface area contributed by atoms with E-state index < -0.39 is 0 Å². The lowest BCUT2D eigenvalue weighted by Crippen LogP contribution is -2.36. The summed E-state index contributed by atoms with van der Waals surface area (Å²) in [6.07, 6.45) is 3.89. The van der Waals surface area contributed by atoms with Crippen molar-refractivity contribution in [3.05, 3.63) is 24.0 Å². The van der Waals surface area contributed by atoms with E-state index >= 15 is 0 Å². The molecule has 4 N–H and O–H groups in total. The molecular weight excluding hydrogens is 228 g/mol. The van der Waals surface area contributed by atoms with Gasteiger partial charge in [0, 0.05) is 25.3 Å². The summed E-state index contributed by atoms with van der Waals surface area (Å²) in [4.78, 5) is 6.61. The van der Waals surface area contributed by atoms with Crippen molar-refractivity contribution in [3.63, 3.8) is 0 Å². The molecule has 1 rings (SSSR count). The van der Waals surface area contributed by atoms with E-state index in [1.807, 2.05) is 12.1 Å². The molecule has 102 valence electrons. The molecule has 0 aliphatic heterocycles. The maximum Gasteiger partial charge on any atom is 0.0565 e. The summed E-state index contributed by atoms with van der Waals surface area (Å²) in [5.74, 6) is 5.39. The van der Waals surface area contributed by atoms with Crippen LogP contribution >= 0.6 is 0 Å². The molecule has 0 amide bonds. The Morgan fingerprint density at radius 1 is 1.44 bits per heavy atom. The van der Waals surface area contributed by atoms with Crippen LogP contribution in [0.25, 0.3) is 0 Å². The highest BCUT2D eigenvalue weighted by molar-refractivity contribution is 5.41. The van der Waals surface area contributed by atoms with E-state index in [1.54, 1.807) is 6.20 Å². The third-order valence-corrected chi connectivity index (χ3v) is 3.19. The zero-order valence-corrected chi connectivity index (χ0v) is 11.3. The van der Waals surface area contributed by atoms with Gasteiger partial charge in [-0.1, -0.05) is 13.8 Å². The highest BCUT2D eigenvalue weighted by atomic mass is 16.3. The number of aliphatic hydroxyl groups is 1. The predicted molar refractivity (Wildman–Crippen MR) is 73.9 cm³/mol. The Hall–Kier alpha value is -1.17. The minimum atomic E-state index is 0.172. The van der Waals surface area contributed by atoms with Crippen molar-refractivity contribution in [3.8, 4) is 0 Å². The normalized spacial score (nSPS) is 11.2. The highest BCUT2D eigenvalue weighted by Crippen LogP contribution is 2.14. The maximum absolute atomic E-state index is 9.16. The molecule has 0 fully saturated rings. The second kappa shape index (κ2) is 8.02. The van der Waals surface area contributed by atoms with Crippen molar-refractivity contribution in [2.24, 2.45) is 5.84 Å². The molecule has 0 aromatic carbocycles. The van der Waals surface area contributed by atoms with Crippen molar-refractivity contribution in [2.75, 3.05) is 18.6 Å². The van der Waals surface area contributed by atoms with Gasteiger partial charge in [0.1, 0.15) is 0 Å². The molecule has 0 aliphatic carbocycles. The van der Waals surface area contributed by atoms with Gasteiger partial charge in [0.15, 0.2) is 0 Å². The van der Waals surface area contributed by atoms with Gasteiger partial charge < -0.3 is 10.5 Å². The van der Waals surface area contributed by atoms with Gasteiger partial charge in [0.05, 0.1) is 18.0 Å². The Balaban J connectivity index is 2.75. The van der Waals surface area contributed by atoms with E-state index in [-0.39, 0.29) is 6.61 Å². The van der Waals surface area contributed by atoms with Crippen molar-refractivity contribution in [1.82, 2.24) is 9.88 Å². The van der Waals surface area contributed by atoms with Crippen molar-refractivity contribution < 1.29 is 5.11 Å². The summed E-state index contributed by atoms with van der Waals surface area (Å²) < 4.78 is 0. The van der Waals surface area contributed by atoms with Gasteiger partial charge in [-0.05, 0) is 25.0 Å². The number of pyridine rings is 1. The van der Waals surface area contributed by atoms with Crippen LogP contribution in [0, 0.1) is 0 Å². The fourth-order valence-corrected chi connectivity index (χ4v) is 2.19. The van der Waals surface area contributed by atoms with Crippen LogP contribution in [0.4, 0.5) is 5.69 Å². The molecule has 0 spiro atoms. The third kappa shape index (κ3) is 4.25. The Kier molecular flexibility index (Phi) is 6.64. The van der Waals surface area contributed by atoms with E-state index in [0.717, 1.165) is 30.8 Å². The molecule has 0 bridgehead atoms. The average molecular weight is 252 g/mol. The van der Waals surface area contributed by atoms with Crippen molar-refractivity contribution in [2.45, 2.75) is 39.3 Å². The predicted octanol–water partition coefficient (Wildman–Crippen LogP) is 1.35. The van der Waals surface area contributed by atoms with Crippen LogP contribution in [-0.2, 0) is 6.54 Å². The maximum atomic E-state index is 9.16. The average Bonchev–Trinajstić information content (AvgIpc) is 2.40. The van der Waals surface area contributed by atoms with Crippen molar-refractivity contribution in [1.29, 1.82) is 0 Å². The van der Waals surface area contributed by atoms with Gasteiger partial charge in [0.25, 0.3) is 0 Å². The van der Waals surface area contributed by atoms with Gasteiger partial charge in [-0.25, -0.2) is 0 Å². The monoisotopic (exact) mass is 252 g/mol. The summed E-state index contributed by atoms with van der Waals surface area (Å²) in [7, 11) is 0. The molecule has 1 aromatic rings. The summed E-state index contributed by atoms with van der Waals surface area (Å²) in [5, 5.41) is 9.16. The molecular formula is C13H24N4O. The molecule has 5 heteroatoms. The van der Waals surface area contributed by atoms with E-state index in [2.05, 4.69) is 29.2 Å². The van der Waals surface area contributed by atoms with E-state index in [1.165, 1.54) is 0 Å². The molecule has 1 aromatic heterocycles. The Morgan fingerprint density at radius 3 is 2.72 bits per heavy atom. The molecule has 0 saturated heterocycles. The summed E-state index contributed by atoms with van der Waals surface area (Å²) >= 11 is 0. The lowest BCUT2D eigenvalue weighted by molar-refractivity contribution is 0.135. The van der Waals surface area contributed by atoms with Crippen LogP contribution < -0.4 is 11.3 Å². The van der Waals surface area contributed by atoms with Crippen LogP contribution in [-0.4, -0.2) is 34.2 Å². The van der Waals surface area contributed by atoms with Crippen LogP contribution in [0.1, 0.15) is 32.4 Å². The molecule has 0 unspecified atom stereocenters. The van der Waals surface area contributed by atoms with Gasteiger partial charge in [-0.3, -0.25) is 15.7 Å². The topological polar surface area (TPSA) is 74.4 Å². The smallest absolute Gasteiger partial charge is 0.0565 e. The number of hydrazine groups is 1. The fraction of sp³-hybridized carbons (Fsp3) is 0.615. The summed E-state index contributed by atoms with van der Waals surface area (Å²) in [6.45, 7) is 5.93. The zero-order valence-electron chi connectivity index (χ0n) is 11.3. The number of aromatic nitrogens is 1. The second-order valence-electron chi connectivity index (χ2n) is 4.34. The number of nitrogens with one attached hydrogen (secondary N) is 1. The lowest BCUT2D eigenvalue weighted by Gasteiger charge is -2.29. The van der Waals surface area contributed by atoms with Gasteiger partial charge in [-0.15, -0.1) is 0 Å². The van der Waals surface area contributed by atoms with Crippen LogP contribution in [0.2, 0.25) is 0 Å². The number of aliphatic hydroxyl groups excluding tert-OH is 1. The fourth-order valence-electron chi connectivity index (χ4n) is 2.19. The van der Waals surface area contributed by atoms with E-state index in [9.17, 15) is 0 Å². The van der Waals surface area contributed by atoms with Crippen LogP contribution in [0.15, 0.2) is 18.3 Å². The van der Waals surface area contributed by atoms with Gasteiger partial charge in [0.2, 0.25) is 0 Å². The molecule has 18 heavy (non-hydrogen) atoms. The molecule has 1 heterocycles. The second-order valence-corrected chi connectivity index (χ2v) is 4.34. The first-order chi connectivity index (χ1) is 8.74. The summed E-state index contributed by atoms with van der Waals surface area (Å²) in [5.41, 5.74) is 4.44. The number of nitrogens with zero attached hydrogens (tertiary/aromatic N) is 2. The van der Waals surface area contributed by atoms with Gasteiger partial charge in [-0.2, -0.15) is 0 Å². The quantitative estimate of drug-likeness (QED) is 0.481. The minimum absolute atomic E-state index is 0.172. The minimum Gasteiger partial charge on any atom is -0.395 e. The molecule has 5 nitrogen and oxygen atoms in total. The van der Waals surface area contributed by atoms with Crippen LogP contribution in [0.5, 0.6) is 0 Å². The SMILES string of the molecule is CCC(CC)N(CCO)Cc1cc(NN)ccn1. The summed E-state index contributed by atoms with van der Waals surface area (Å²) in [6, 6.07) is 4.25. The standard InChI is InChI=1S/C13H24N4O/c1-3-13(4-2)17(7-8-18)10-12-9-11(16-14)5-6-15-12/h5-6,9,13,18H,3-4,7-8,10,14H2,1-2H3,(H,15,16). The molecule has 0 atom stereocenters. The van der Waals surface area contributed by atoms with Crippen LogP contribution in [0.3, 0.4) is 0 Å². The Morgan fingerprint density at radius 2 is 2.17 bits per heavy atom. The van der Waals surface area contributed by atoms with Crippen molar-refractivity contribution >= 4 is 5.69 Å². The number of nitrogen functional groups attached to an aromatic ring is 1. The number of anilines is 1. The highest BCUT2D eigenvalue weighted by Gasteiger charge is 2.15. The molecule has 0 saturated carbocycles. The lowest BCUT2D eigenvalue weighted by atomic mass is 10.1. The molecule has 0 radical (unpaired) electrons. The largest absolute Gasteiger partial charge is 0.395 e. The first kappa shape index (κ1) is 14.9. The Bertz CT molecular complexity index is 342. The van der Waals surface area contributed by atoms with Gasteiger partial charge >= 0.3 is 0 Å². The number of hydrogen-bond donors (Lipinski definition) is 3. The van der Waals surface area contributed by atoms with E-state index in [4.69, 9.17) is 10.9 Å². The first-order valence-corrected chi connectivity index (χ1v) is 6.51. The number of nitrogens with two attached hydrogens (primary N) is 1.